The van der Waals surface area contributed by atoms with Crippen molar-refractivity contribution in [3.63, 3.8) is 0 Å². The lowest BCUT2D eigenvalue weighted by atomic mass is 10.4. The Balaban J connectivity index is 2.29. The Labute approximate surface area is 112 Å². The second-order valence-electron chi connectivity index (χ2n) is 5.23. The van der Waals surface area contributed by atoms with Crippen LogP contribution in [-0.4, -0.2) is 86.6 Å². The molecule has 0 aromatic carbocycles. The SMILES string of the molecule is CN1CCCSCCCN(C)CCN(C)CC1. The van der Waals surface area contributed by atoms with Gasteiger partial charge < -0.3 is 14.7 Å². The minimum Gasteiger partial charge on any atom is -0.305 e. The van der Waals surface area contributed by atoms with E-state index >= 15 is 0 Å². The van der Waals surface area contributed by atoms with Gasteiger partial charge in [-0.1, -0.05) is 0 Å². The smallest absolute Gasteiger partial charge is 0.0107 e. The van der Waals surface area contributed by atoms with E-state index in [2.05, 4.69) is 47.6 Å². The molecule has 0 aromatic heterocycles. The number of likely N-dealkylation sites (N-methyl/N-ethyl adjacent to an activating group) is 3. The fraction of sp³-hybridized carbons (Fsp3) is 1.00. The first-order valence-electron chi connectivity index (χ1n) is 6.82. The molecule has 1 saturated heterocycles. The molecule has 4 heteroatoms. The van der Waals surface area contributed by atoms with Crippen LogP contribution in [0.1, 0.15) is 12.8 Å². The average molecular weight is 259 g/mol. The van der Waals surface area contributed by atoms with Crippen LogP contribution < -0.4 is 0 Å². The van der Waals surface area contributed by atoms with Gasteiger partial charge in [0.1, 0.15) is 0 Å². The Hall–Kier alpha value is 0.230. The van der Waals surface area contributed by atoms with Gasteiger partial charge in [0.15, 0.2) is 0 Å². The van der Waals surface area contributed by atoms with Gasteiger partial charge in [-0.2, -0.15) is 11.8 Å². The van der Waals surface area contributed by atoms with Gasteiger partial charge in [0.05, 0.1) is 0 Å². The van der Waals surface area contributed by atoms with Crippen molar-refractivity contribution in [3.8, 4) is 0 Å². The molecule has 17 heavy (non-hydrogen) atoms. The third-order valence-corrected chi connectivity index (χ3v) is 4.54. The summed E-state index contributed by atoms with van der Waals surface area (Å²) >= 11 is 2.12. The molecule has 0 radical (unpaired) electrons. The highest BCUT2D eigenvalue weighted by molar-refractivity contribution is 7.99. The van der Waals surface area contributed by atoms with Crippen LogP contribution in [0.5, 0.6) is 0 Å². The highest BCUT2D eigenvalue weighted by Crippen LogP contribution is 2.06. The normalized spacial score (nSPS) is 25.6. The fourth-order valence-electron chi connectivity index (χ4n) is 1.99. The van der Waals surface area contributed by atoms with Gasteiger partial charge in [-0.15, -0.1) is 0 Å². The molecule has 1 rings (SSSR count). The number of hydrogen-bond donors (Lipinski definition) is 0. The lowest BCUT2D eigenvalue weighted by molar-refractivity contribution is 0.226. The lowest BCUT2D eigenvalue weighted by Crippen LogP contribution is -2.36. The summed E-state index contributed by atoms with van der Waals surface area (Å²) in [5, 5.41) is 0. The van der Waals surface area contributed by atoms with E-state index in [1.165, 1.54) is 63.6 Å². The second-order valence-corrected chi connectivity index (χ2v) is 6.45. The molecular weight excluding hydrogens is 230 g/mol. The van der Waals surface area contributed by atoms with Crippen molar-refractivity contribution in [2.45, 2.75) is 12.8 Å². The van der Waals surface area contributed by atoms with Gasteiger partial charge in [0.2, 0.25) is 0 Å². The van der Waals surface area contributed by atoms with E-state index in [-0.39, 0.29) is 0 Å². The van der Waals surface area contributed by atoms with Crippen molar-refractivity contribution in [1.29, 1.82) is 0 Å². The minimum atomic E-state index is 1.19. The van der Waals surface area contributed by atoms with Crippen LogP contribution in [0.3, 0.4) is 0 Å². The maximum atomic E-state index is 2.46. The van der Waals surface area contributed by atoms with E-state index in [0.717, 1.165) is 0 Å². The molecule has 0 atom stereocenters. The van der Waals surface area contributed by atoms with Crippen LogP contribution in [0, 0.1) is 0 Å². The molecule has 3 nitrogen and oxygen atoms in total. The maximum Gasteiger partial charge on any atom is 0.0107 e. The molecule has 0 aromatic rings. The van der Waals surface area contributed by atoms with E-state index in [1.807, 2.05) is 0 Å². The monoisotopic (exact) mass is 259 g/mol. The Morgan fingerprint density at radius 3 is 1.35 bits per heavy atom. The molecule has 0 N–H and O–H groups in total. The predicted molar refractivity (Wildman–Crippen MR) is 79.1 cm³/mol. The van der Waals surface area contributed by atoms with Crippen molar-refractivity contribution >= 4 is 11.8 Å². The Kier molecular flexibility index (Phi) is 8.27. The van der Waals surface area contributed by atoms with E-state index in [1.54, 1.807) is 0 Å². The Morgan fingerprint density at radius 2 is 0.941 bits per heavy atom. The zero-order chi connectivity index (χ0) is 12.5. The summed E-state index contributed by atoms with van der Waals surface area (Å²) in [5.74, 6) is 2.65. The van der Waals surface area contributed by atoms with Crippen molar-refractivity contribution in [2.24, 2.45) is 0 Å². The first kappa shape index (κ1) is 15.3. The van der Waals surface area contributed by atoms with Gasteiger partial charge >= 0.3 is 0 Å². The zero-order valence-corrected chi connectivity index (χ0v) is 12.6. The number of rotatable bonds is 0. The summed E-state index contributed by atoms with van der Waals surface area (Å²) in [5.41, 5.74) is 0. The molecule has 0 amide bonds. The van der Waals surface area contributed by atoms with E-state index in [0.29, 0.717) is 0 Å². The van der Waals surface area contributed by atoms with E-state index in [9.17, 15) is 0 Å². The largest absolute Gasteiger partial charge is 0.305 e. The molecule has 1 aliphatic heterocycles. The van der Waals surface area contributed by atoms with E-state index < -0.39 is 0 Å². The molecule has 0 aliphatic carbocycles. The molecule has 1 aliphatic rings. The van der Waals surface area contributed by atoms with Crippen LogP contribution >= 0.6 is 11.8 Å². The fourth-order valence-corrected chi connectivity index (χ4v) is 2.86. The highest BCUT2D eigenvalue weighted by Gasteiger charge is 2.05. The first-order chi connectivity index (χ1) is 8.18. The predicted octanol–water partition coefficient (Wildman–Crippen LogP) is 1.31. The zero-order valence-electron chi connectivity index (χ0n) is 11.8. The molecule has 0 unspecified atom stereocenters. The molecular formula is C13H29N3S. The van der Waals surface area contributed by atoms with Crippen molar-refractivity contribution in [1.82, 2.24) is 14.7 Å². The summed E-state index contributed by atoms with van der Waals surface area (Å²) in [6, 6.07) is 0. The van der Waals surface area contributed by atoms with Crippen LogP contribution in [0.4, 0.5) is 0 Å². The number of hydrogen-bond acceptors (Lipinski definition) is 4. The molecule has 1 heterocycles. The van der Waals surface area contributed by atoms with E-state index in [4.69, 9.17) is 0 Å². The molecule has 102 valence electrons. The summed E-state index contributed by atoms with van der Waals surface area (Å²) in [6.07, 6.45) is 2.67. The van der Waals surface area contributed by atoms with Gasteiger partial charge in [-0.05, 0) is 58.6 Å². The summed E-state index contributed by atoms with van der Waals surface area (Å²) < 4.78 is 0. The Morgan fingerprint density at radius 1 is 0.588 bits per heavy atom. The standard InChI is InChI=1S/C13H29N3S/c1-14-6-4-12-17-13-5-7-15(2)9-11-16(3)10-8-14/h4-13H2,1-3H3. The molecule has 0 spiro atoms. The van der Waals surface area contributed by atoms with Gasteiger partial charge in [0.25, 0.3) is 0 Å². The molecule has 1 fully saturated rings. The average Bonchev–Trinajstić information content (AvgIpc) is 2.31. The lowest BCUT2D eigenvalue weighted by Gasteiger charge is -2.25. The van der Waals surface area contributed by atoms with Crippen molar-refractivity contribution in [3.05, 3.63) is 0 Å². The topological polar surface area (TPSA) is 9.72 Å². The summed E-state index contributed by atoms with van der Waals surface area (Å²) in [4.78, 5) is 7.38. The van der Waals surface area contributed by atoms with Gasteiger partial charge in [0, 0.05) is 26.2 Å². The Bertz CT molecular complexity index is 172. The third kappa shape index (κ3) is 8.03. The summed E-state index contributed by atoms with van der Waals surface area (Å²) in [7, 11) is 6.73. The molecule has 0 saturated carbocycles. The number of nitrogens with zero attached hydrogens (tertiary/aromatic N) is 3. The second kappa shape index (κ2) is 9.20. The van der Waals surface area contributed by atoms with Crippen LogP contribution in [0.25, 0.3) is 0 Å². The van der Waals surface area contributed by atoms with Gasteiger partial charge in [-0.3, -0.25) is 0 Å². The van der Waals surface area contributed by atoms with Crippen LogP contribution in [0.15, 0.2) is 0 Å². The third-order valence-electron chi connectivity index (χ3n) is 3.38. The van der Waals surface area contributed by atoms with Crippen molar-refractivity contribution in [2.75, 3.05) is 71.9 Å². The highest BCUT2D eigenvalue weighted by atomic mass is 32.2. The van der Waals surface area contributed by atoms with Crippen LogP contribution in [-0.2, 0) is 0 Å². The quantitative estimate of drug-likeness (QED) is 0.648. The maximum absolute atomic E-state index is 2.46. The summed E-state index contributed by atoms with van der Waals surface area (Å²) in [6.45, 7) is 7.28. The molecule has 0 bridgehead atoms. The van der Waals surface area contributed by atoms with Crippen molar-refractivity contribution < 1.29 is 0 Å². The number of thioether (sulfide) groups is 1. The van der Waals surface area contributed by atoms with Crippen LogP contribution in [0.2, 0.25) is 0 Å². The minimum absolute atomic E-state index is 1.19. The first-order valence-corrected chi connectivity index (χ1v) is 7.97. The van der Waals surface area contributed by atoms with Gasteiger partial charge in [-0.25, -0.2) is 0 Å².